The monoisotopic (exact) mass is 551 g/mol. The minimum absolute atomic E-state index is 0.151. The first-order valence-corrected chi connectivity index (χ1v) is 14.2. The third-order valence-corrected chi connectivity index (χ3v) is 7.45. The number of hydrogen-bond donors (Lipinski definition) is 2. The molecule has 0 saturated carbocycles. The molecule has 4 nitrogen and oxygen atoms in total. The number of carbonyl (C=O) groups is 1. The van der Waals surface area contributed by atoms with Crippen LogP contribution in [0, 0.1) is 0 Å². The van der Waals surface area contributed by atoms with Crippen LogP contribution in [0.15, 0.2) is 127 Å². The first-order chi connectivity index (χ1) is 20.3. The molecule has 2 N–H and O–H groups in total. The first-order valence-electron chi connectivity index (χ1n) is 14.2. The molecule has 6 aromatic carbocycles. The minimum atomic E-state index is -0.501. The van der Waals surface area contributed by atoms with Crippen molar-refractivity contribution in [3.8, 4) is 22.6 Å². The number of aromatic hydroxyl groups is 1. The van der Waals surface area contributed by atoms with Gasteiger partial charge in [-0.15, -0.1) is 0 Å². The summed E-state index contributed by atoms with van der Waals surface area (Å²) in [5.41, 5.74) is 4.66. The van der Waals surface area contributed by atoms with Gasteiger partial charge in [-0.3, -0.25) is 0 Å². The van der Waals surface area contributed by atoms with E-state index in [0.717, 1.165) is 49.4 Å². The molecule has 0 aromatic heterocycles. The Bertz CT molecular complexity index is 1890. The number of hydrogen-bond acceptors (Lipinski definition) is 3. The number of carbonyl (C=O) groups excluding carboxylic acids is 1. The van der Waals surface area contributed by atoms with Crippen molar-refractivity contribution in [2.75, 3.05) is 0 Å². The van der Waals surface area contributed by atoms with Crippen LogP contribution in [0.1, 0.15) is 43.4 Å². The number of benzene rings is 6. The number of phenolic OH excluding ortho intramolecular Hbond substituents is 1. The summed E-state index contributed by atoms with van der Waals surface area (Å²) in [6.07, 6.45) is -0.501. The van der Waals surface area contributed by atoms with Crippen LogP contribution in [-0.2, 0) is 0 Å². The van der Waals surface area contributed by atoms with Crippen LogP contribution in [0.5, 0.6) is 11.5 Å². The van der Waals surface area contributed by atoms with Crippen molar-refractivity contribution >= 4 is 27.6 Å². The highest BCUT2D eigenvalue weighted by atomic mass is 16.6. The van der Waals surface area contributed by atoms with E-state index in [9.17, 15) is 9.90 Å². The number of ether oxygens (including phenoxy) is 1. The molecule has 0 fully saturated rings. The molecule has 0 aliphatic heterocycles. The second kappa shape index (κ2) is 11.1. The fourth-order valence-electron chi connectivity index (χ4n) is 5.70. The smallest absolute Gasteiger partial charge is 0.413 e. The topological polar surface area (TPSA) is 58.6 Å². The Morgan fingerprint density at radius 2 is 1.19 bits per heavy atom. The van der Waals surface area contributed by atoms with Gasteiger partial charge in [0.2, 0.25) is 0 Å². The zero-order chi connectivity index (χ0) is 29.3. The van der Waals surface area contributed by atoms with Gasteiger partial charge in [-0.05, 0) is 82.8 Å². The fourth-order valence-corrected chi connectivity index (χ4v) is 5.70. The summed E-state index contributed by atoms with van der Waals surface area (Å²) in [5, 5.41) is 17.3. The first kappa shape index (κ1) is 27.1. The summed E-state index contributed by atoms with van der Waals surface area (Å²) in [6.45, 7) is 5.79. The van der Waals surface area contributed by atoms with Gasteiger partial charge in [0.05, 0.1) is 0 Å². The molecule has 1 atom stereocenters. The van der Waals surface area contributed by atoms with E-state index in [-0.39, 0.29) is 11.7 Å². The standard InChI is InChI=1S/C38H33NO3/c1-38(2,3)39-37(41)42-33-24-20-26-12-8-10-16-31(26)36(33)35-30-15-9-7-11-25(30)19-23-32(35)34(27-13-5-4-6-14-27)28-17-21-29(40)22-18-28/h4-24,34,40H,1-3H3,(H,39,41)/t34-/m0/s1. The number of phenols is 1. The lowest BCUT2D eigenvalue weighted by atomic mass is 9.79. The third kappa shape index (κ3) is 5.44. The summed E-state index contributed by atoms with van der Waals surface area (Å²) in [6, 6.07) is 42.6. The number of nitrogens with one attached hydrogen (secondary N) is 1. The van der Waals surface area contributed by atoms with E-state index < -0.39 is 11.6 Å². The summed E-state index contributed by atoms with van der Waals surface area (Å²) in [7, 11) is 0. The number of fused-ring (bicyclic) bond motifs is 2. The quantitative estimate of drug-likeness (QED) is 0.210. The van der Waals surface area contributed by atoms with Gasteiger partial charge in [0.25, 0.3) is 0 Å². The fraction of sp³-hybridized carbons (Fsp3) is 0.132. The van der Waals surface area contributed by atoms with Crippen LogP contribution in [0.25, 0.3) is 32.7 Å². The number of rotatable bonds is 5. The van der Waals surface area contributed by atoms with E-state index in [1.807, 2.05) is 87.5 Å². The lowest BCUT2D eigenvalue weighted by Crippen LogP contribution is -2.42. The van der Waals surface area contributed by atoms with Crippen molar-refractivity contribution in [3.63, 3.8) is 0 Å². The predicted molar refractivity (Wildman–Crippen MR) is 171 cm³/mol. The molecule has 1 amide bonds. The maximum absolute atomic E-state index is 13.1. The minimum Gasteiger partial charge on any atom is -0.508 e. The molecule has 4 heteroatoms. The molecular formula is C38H33NO3. The summed E-state index contributed by atoms with van der Waals surface area (Å²) >= 11 is 0. The summed E-state index contributed by atoms with van der Waals surface area (Å²) in [5.74, 6) is 0.561. The summed E-state index contributed by atoms with van der Waals surface area (Å²) < 4.78 is 6.11. The maximum atomic E-state index is 13.1. The van der Waals surface area contributed by atoms with E-state index in [0.29, 0.717) is 5.75 Å². The summed E-state index contributed by atoms with van der Waals surface area (Å²) in [4.78, 5) is 13.1. The molecule has 6 aromatic rings. The molecule has 0 radical (unpaired) electrons. The van der Waals surface area contributed by atoms with Crippen LogP contribution < -0.4 is 10.1 Å². The lowest BCUT2D eigenvalue weighted by Gasteiger charge is -2.26. The molecule has 0 aliphatic rings. The SMILES string of the molecule is CC(C)(C)NC(=O)Oc1ccc2ccccc2c1-c1c([C@@H](c2ccccc2)c2ccc(O)cc2)ccc2ccccc12. The normalized spacial score (nSPS) is 12.3. The molecule has 6 rings (SSSR count). The van der Waals surface area contributed by atoms with Gasteiger partial charge in [-0.25, -0.2) is 4.79 Å². The van der Waals surface area contributed by atoms with E-state index in [1.54, 1.807) is 12.1 Å². The third-order valence-electron chi connectivity index (χ3n) is 7.45. The lowest BCUT2D eigenvalue weighted by molar-refractivity contribution is 0.191. The van der Waals surface area contributed by atoms with Crippen LogP contribution in [0.4, 0.5) is 4.79 Å². The highest BCUT2D eigenvalue weighted by Gasteiger charge is 2.26. The van der Waals surface area contributed by atoms with Gasteiger partial charge >= 0.3 is 6.09 Å². The Hall–Kier alpha value is -5.09. The van der Waals surface area contributed by atoms with Crippen LogP contribution in [0.2, 0.25) is 0 Å². The molecule has 208 valence electrons. The molecule has 0 saturated heterocycles. The van der Waals surface area contributed by atoms with Crippen molar-refractivity contribution in [3.05, 3.63) is 144 Å². The zero-order valence-corrected chi connectivity index (χ0v) is 24.0. The second-order valence-electron chi connectivity index (χ2n) is 11.6. The number of amides is 1. The largest absolute Gasteiger partial charge is 0.508 e. The average Bonchev–Trinajstić information content (AvgIpc) is 2.98. The van der Waals surface area contributed by atoms with Crippen molar-refractivity contribution in [2.24, 2.45) is 0 Å². The van der Waals surface area contributed by atoms with Gasteiger partial charge in [0, 0.05) is 17.0 Å². The van der Waals surface area contributed by atoms with Crippen LogP contribution >= 0.6 is 0 Å². The molecule has 0 bridgehead atoms. The zero-order valence-electron chi connectivity index (χ0n) is 24.0. The van der Waals surface area contributed by atoms with Crippen molar-refractivity contribution < 1.29 is 14.6 Å². The molecular weight excluding hydrogens is 518 g/mol. The molecule has 0 aliphatic carbocycles. The molecule has 0 unspecified atom stereocenters. The van der Waals surface area contributed by atoms with Crippen molar-refractivity contribution in [1.82, 2.24) is 5.32 Å². The highest BCUT2D eigenvalue weighted by molar-refractivity contribution is 6.09. The second-order valence-corrected chi connectivity index (χ2v) is 11.6. The van der Waals surface area contributed by atoms with Gasteiger partial charge in [0.15, 0.2) is 0 Å². The Labute approximate surface area is 246 Å². The predicted octanol–water partition coefficient (Wildman–Crippen LogP) is 9.43. The van der Waals surface area contributed by atoms with E-state index in [4.69, 9.17) is 4.74 Å². The van der Waals surface area contributed by atoms with Crippen molar-refractivity contribution in [1.29, 1.82) is 0 Å². The van der Waals surface area contributed by atoms with E-state index in [1.165, 1.54) is 0 Å². The average molecular weight is 552 g/mol. The van der Waals surface area contributed by atoms with Gasteiger partial charge in [-0.2, -0.15) is 0 Å². The molecule has 0 spiro atoms. The van der Waals surface area contributed by atoms with Crippen molar-refractivity contribution in [2.45, 2.75) is 32.2 Å². The molecule has 0 heterocycles. The Balaban J connectivity index is 1.69. The Morgan fingerprint density at radius 1 is 0.643 bits per heavy atom. The Kier molecular flexibility index (Phi) is 7.13. The van der Waals surface area contributed by atoms with E-state index >= 15 is 0 Å². The molecule has 42 heavy (non-hydrogen) atoms. The van der Waals surface area contributed by atoms with Crippen LogP contribution in [-0.4, -0.2) is 16.7 Å². The van der Waals surface area contributed by atoms with Gasteiger partial charge in [0.1, 0.15) is 11.5 Å². The maximum Gasteiger partial charge on any atom is 0.413 e. The van der Waals surface area contributed by atoms with Gasteiger partial charge in [-0.1, -0.05) is 109 Å². The Morgan fingerprint density at radius 3 is 1.83 bits per heavy atom. The van der Waals surface area contributed by atoms with Crippen LogP contribution in [0.3, 0.4) is 0 Å². The van der Waals surface area contributed by atoms with Gasteiger partial charge < -0.3 is 15.2 Å². The highest BCUT2D eigenvalue weighted by Crippen LogP contribution is 2.47. The van der Waals surface area contributed by atoms with E-state index in [2.05, 4.69) is 53.8 Å².